The number of rotatable bonds is 6. The molecule has 2 saturated carbocycles. The molecule has 2 fully saturated rings. The lowest BCUT2D eigenvalue weighted by Gasteiger charge is -2.24. The standard InChI is InChI=1S/C19H27N3O2/c20-11-15-7-3-9-17(15)19(24)21-12-13-4-1-8-16(10-13)22-18(23)14-5-2-6-14/h1,4,8,10,14-15,17H,2-3,5-7,9,11-12,20H2,(H,21,24)(H,22,23)/t15-,17-/m1/s1. The summed E-state index contributed by atoms with van der Waals surface area (Å²) in [6.07, 6.45) is 6.21. The molecular weight excluding hydrogens is 302 g/mol. The zero-order valence-electron chi connectivity index (χ0n) is 14.1. The third-order valence-corrected chi connectivity index (χ3v) is 5.44. The molecule has 2 aliphatic rings. The van der Waals surface area contributed by atoms with E-state index in [0.717, 1.165) is 49.8 Å². The van der Waals surface area contributed by atoms with Gasteiger partial charge in [-0.15, -0.1) is 0 Å². The molecule has 0 unspecified atom stereocenters. The number of hydrogen-bond acceptors (Lipinski definition) is 3. The van der Waals surface area contributed by atoms with Crippen molar-refractivity contribution in [3.05, 3.63) is 29.8 Å². The van der Waals surface area contributed by atoms with Crippen LogP contribution in [0.2, 0.25) is 0 Å². The summed E-state index contributed by atoms with van der Waals surface area (Å²) in [5, 5.41) is 6.00. The minimum absolute atomic E-state index is 0.0523. The zero-order chi connectivity index (χ0) is 16.9. The van der Waals surface area contributed by atoms with E-state index in [2.05, 4.69) is 10.6 Å². The van der Waals surface area contributed by atoms with E-state index in [0.29, 0.717) is 19.0 Å². The maximum atomic E-state index is 12.4. The van der Waals surface area contributed by atoms with Crippen LogP contribution < -0.4 is 16.4 Å². The first-order valence-corrected chi connectivity index (χ1v) is 9.05. The molecular formula is C19H27N3O2. The van der Waals surface area contributed by atoms with E-state index in [4.69, 9.17) is 5.73 Å². The summed E-state index contributed by atoms with van der Waals surface area (Å²) in [5.74, 6) is 0.754. The van der Waals surface area contributed by atoms with Gasteiger partial charge in [0.25, 0.3) is 0 Å². The smallest absolute Gasteiger partial charge is 0.227 e. The summed E-state index contributed by atoms with van der Waals surface area (Å²) in [5.41, 5.74) is 7.56. The van der Waals surface area contributed by atoms with Crippen LogP contribution in [0, 0.1) is 17.8 Å². The first kappa shape index (κ1) is 17.0. The highest BCUT2D eigenvalue weighted by Crippen LogP contribution is 2.31. The Balaban J connectivity index is 1.52. The van der Waals surface area contributed by atoms with Crippen LogP contribution in [0.5, 0.6) is 0 Å². The molecule has 5 heteroatoms. The quantitative estimate of drug-likeness (QED) is 0.749. The highest BCUT2D eigenvalue weighted by molar-refractivity contribution is 5.93. The van der Waals surface area contributed by atoms with E-state index in [9.17, 15) is 9.59 Å². The normalized spacial score (nSPS) is 23.5. The Morgan fingerprint density at radius 2 is 1.88 bits per heavy atom. The maximum Gasteiger partial charge on any atom is 0.227 e. The average Bonchev–Trinajstić information content (AvgIpc) is 3.00. The summed E-state index contributed by atoms with van der Waals surface area (Å²) in [7, 11) is 0. The van der Waals surface area contributed by atoms with Crippen molar-refractivity contribution in [3.63, 3.8) is 0 Å². The molecule has 0 aromatic heterocycles. The number of anilines is 1. The van der Waals surface area contributed by atoms with Gasteiger partial charge in [-0.1, -0.05) is 25.0 Å². The summed E-state index contributed by atoms with van der Waals surface area (Å²) < 4.78 is 0. The summed E-state index contributed by atoms with van der Waals surface area (Å²) in [6.45, 7) is 1.07. The average molecular weight is 329 g/mol. The molecule has 0 aliphatic heterocycles. The Labute approximate surface area is 143 Å². The molecule has 2 aliphatic carbocycles. The lowest BCUT2D eigenvalue weighted by atomic mass is 9.85. The van der Waals surface area contributed by atoms with Crippen molar-refractivity contribution in [3.8, 4) is 0 Å². The summed E-state index contributed by atoms with van der Waals surface area (Å²) in [6, 6.07) is 7.71. The Hall–Kier alpha value is -1.88. The van der Waals surface area contributed by atoms with Crippen LogP contribution in [-0.4, -0.2) is 18.4 Å². The topological polar surface area (TPSA) is 84.2 Å². The van der Waals surface area contributed by atoms with Gasteiger partial charge in [0, 0.05) is 24.1 Å². The van der Waals surface area contributed by atoms with E-state index in [1.165, 1.54) is 0 Å². The maximum absolute atomic E-state index is 12.4. The SMILES string of the molecule is NC[C@H]1CCC[C@H]1C(=O)NCc1cccc(NC(=O)C2CCC2)c1. The third kappa shape index (κ3) is 3.96. The fourth-order valence-electron chi connectivity index (χ4n) is 3.66. The van der Waals surface area contributed by atoms with E-state index in [-0.39, 0.29) is 23.7 Å². The summed E-state index contributed by atoms with van der Waals surface area (Å²) in [4.78, 5) is 24.4. The number of nitrogens with two attached hydrogens (primary N) is 1. The van der Waals surface area contributed by atoms with Crippen molar-refractivity contribution in [1.29, 1.82) is 0 Å². The predicted molar refractivity (Wildman–Crippen MR) is 94.1 cm³/mol. The molecule has 2 amide bonds. The fraction of sp³-hybridized carbons (Fsp3) is 0.579. The number of benzene rings is 1. The van der Waals surface area contributed by atoms with Crippen LogP contribution in [0.4, 0.5) is 5.69 Å². The van der Waals surface area contributed by atoms with Crippen LogP contribution in [0.25, 0.3) is 0 Å². The number of hydrogen-bond donors (Lipinski definition) is 3. The molecule has 0 radical (unpaired) electrons. The number of nitrogens with one attached hydrogen (secondary N) is 2. The Kier molecular flexibility index (Phi) is 5.51. The molecule has 1 aromatic rings. The molecule has 5 nitrogen and oxygen atoms in total. The largest absolute Gasteiger partial charge is 0.352 e. The van der Waals surface area contributed by atoms with Gasteiger partial charge in [-0.05, 0) is 55.8 Å². The second-order valence-electron chi connectivity index (χ2n) is 7.07. The minimum atomic E-state index is 0.0523. The van der Waals surface area contributed by atoms with Crippen molar-refractivity contribution >= 4 is 17.5 Å². The molecule has 130 valence electrons. The molecule has 24 heavy (non-hydrogen) atoms. The van der Waals surface area contributed by atoms with Gasteiger partial charge in [-0.3, -0.25) is 9.59 Å². The van der Waals surface area contributed by atoms with Gasteiger partial charge in [0.15, 0.2) is 0 Å². The predicted octanol–water partition coefficient (Wildman–Crippen LogP) is 2.42. The first-order valence-electron chi connectivity index (χ1n) is 9.05. The van der Waals surface area contributed by atoms with E-state index in [1.54, 1.807) is 0 Å². The Morgan fingerprint density at radius 3 is 2.58 bits per heavy atom. The van der Waals surface area contributed by atoms with Gasteiger partial charge >= 0.3 is 0 Å². The van der Waals surface area contributed by atoms with E-state index >= 15 is 0 Å². The second kappa shape index (κ2) is 7.79. The zero-order valence-corrected chi connectivity index (χ0v) is 14.1. The van der Waals surface area contributed by atoms with Crippen LogP contribution in [0.15, 0.2) is 24.3 Å². The molecule has 0 heterocycles. The fourth-order valence-corrected chi connectivity index (χ4v) is 3.66. The first-order chi connectivity index (χ1) is 11.7. The molecule has 2 atom stereocenters. The van der Waals surface area contributed by atoms with Crippen LogP contribution in [-0.2, 0) is 16.1 Å². The van der Waals surface area contributed by atoms with Gasteiger partial charge in [0.1, 0.15) is 0 Å². The van der Waals surface area contributed by atoms with Gasteiger partial charge < -0.3 is 16.4 Å². The summed E-state index contributed by atoms with van der Waals surface area (Å²) >= 11 is 0. The number of carbonyl (C=O) groups excluding carboxylic acids is 2. The van der Waals surface area contributed by atoms with Gasteiger partial charge in [0.2, 0.25) is 11.8 Å². The highest BCUT2D eigenvalue weighted by Gasteiger charge is 2.31. The number of amides is 2. The van der Waals surface area contributed by atoms with Crippen LogP contribution in [0.3, 0.4) is 0 Å². The highest BCUT2D eigenvalue weighted by atomic mass is 16.2. The van der Waals surface area contributed by atoms with Crippen molar-refractivity contribution in [2.24, 2.45) is 23.5 Å². The van der Waals surface area contributed by atoms with Crippen LogP contribution >= 0.6 is 0 Å². The second-order valence-corrected chi connectivity index (χ2v) is 7.07. The van der Waals surface area contributed by atoms with Gasteiger partial charge in [-0.2, -0.15) is 0 Å². The number of carbonyl (C=O) groups is 2. The van der Waals surface area contributed by atoms with Crippen molar-refractivity contribution in [1.82, 2.24) is 5.32 Å². The monoisotopic (exact) mass is 329 g/mol. The molecule has 0 saturated heterocycles. The minimum Gasteiger partial charge on any atom is -0.352 e. The molecule has 0 spiro atoms. The molecule has 3 rings (SSSR count). The van der Waals surface area contributed by atoms with E-state index < -0.39 is 0 Å². The molecule has 0 bridgehead atoms. The lowest BCUT2D eigenvalue weighted by Crippen LogP contribution is -2.34. The molecule has 4 N–H and O–H groups in total. The molecule has 1 aromatic carbocycles. The Morgan fingerprint density at radius 1 is 1.08 bits per heavy atom. The van der Waals surface area contributed by atoms with Crippen molar-refractivity contribution in [2.75, 3.05) is 11.9 Å². The Bertz CT molecular complexity index is 598. The van der Waals surface area contributed by atoms with Gasteiger partial charge in [-0.25, -0.2) is 0 Å². The van der Waals surface area contributed by atoms with Gasteiger partial charge in [0.05, 0.1) is 0 Å². The lowest BCUT2D eigenvalue weighted by molar-refractivity contribution is -0.126. The van der Waals surface area contributed by atoms with Crippen molar-refractivity contribution in [2.45, 2.75) is 45.1 Å². The van der Waals surface area contributed by atoms with Crippen molar-refractivity contribution < 1.29 is 9.59 Å². The van der Waals surface area contributed by atoms with Crippen LogP contribution in [0.1, 0.15) is 44.1 Å². The van der Waals surface area contributed by atoms with E-state index in [1.807, 2.05) is 24.3 Å². The third-order valence-electron chi connectivity index (χ3n) is 5.44.